The lowest BCUT2D eigenvalue weighted by molar-refractivity contribution is 0.350. The van der Waals surface area contributed by atoms with Gasteiger partial charge < -0.3 is 15.1 Å². The number of hydrogen-bond acceptors (Lipinski definition) is 3. The van der Waals surface area contributed by atoms with Crippen molar-refractivity contribution in [2.45, 2.75) is 77.0 Å². The van der Waals surface area contributed by atoms with Crippen LogP contribution in [0.15, 0.2) is 0 Å². The summed E-state index contributed by atoms with van der Waals surface area (Å²) in [5.41, 5.74) is 4.94. The minimum absolute atomic E-state index is 0. The molecule has 1 aliphatic rings. The minimum Gasteiger partial charge on any atom is -0.384 e. The summed E-state index contributed by atoms with van der Waals surface area (Å²) in [6.45, 7) is 17.7. The van der Waals surface area contributed by atoms with E-state index in [1.54, 1.807) is 13.8 Å². The Morgan fingerprint density at radius 2 is 1.48 bits per heavy atom. The van der Waals surface area contributed by atoms with E-state index in [1.807, 2.05) is 0 Å². The number of terminal acetylenes is 1. The Labute approximate surface area is 152 Å². The number of aliphatic hydroxyl groups is 1. The number of nitrogens with zero attached hydrogens (tertiary/aromatic N) is 1. The van der Waals surface area contributed by atoms with Crippen LogP contribution >= 0.6 is 12.4 Å². The zero-order valence-electron chi connectivity index (χ0n) is 16.1. The molecule has 23 heavy (non-hydrogen) atoms. The second-order valence-corrected chi connectivity index (χ2v) is 17.9. The van der Waals surface area contributed by atoms with Crippen LogP contribution in [0.4, 0.5) is 0 Å². The van der Waals surface area contributed by atoms with E-state index in [0.717, 1.165) is 0 Å². The smallest absolute Gasteiger partial charge is 0.116 e. The molecule has 3 N–H and O–H groups in total. The highest BCUT2D eigenvalue weighted by atomic mass is 35.5. The molecule has 0 saturated carbocycles. The minimum atomic E-state index is -1.21. The van der Waals surface area contributed by atoms with Crippen molar-refractivity contribution in [1.82, 2.24) is 4.23 Å². The molecule has 0 amide bonds. The molecule has 6 heteroatoms. The molecule has 0 aromatic rings. The van der Waals surface area contributed by atoms with E-state index in [-0.39, 0.29) is 24.6 Å². The predicted molar refractivity (Wildman–Crippen MR) is 110 cm³/mol. The molecular formula is C17H35ClN2OSi2. The number of aliphatic hydroxyl groups excluding tert-OH is 1. The van der Waals surface area contributed by atoms with Crippen LogP contribution in [0.2, 0.25) is 38.3 Å². The van der Waals surface area contributed by atoms with Crippen molar-refractivity contribution in [2.24, 2.45) is 5.73 Å². The SMILES string of the molecule is C#CC(C)(C)N1[Si](C)(C)CC[Si]1(C)C.CC(C)(N)C#CCO.Cl. The molecule has 0 bridgehead atoms. The summed E-state index contributed by atoms with van der Waals surface area (Å²) >= 11 is 0. The number of nitrogens with two attached hydrogens (primary N) is 1. The van der Waals surface area contributed by atoms with E-state index in [9.17, 15) is 0 Å². The maximum Gasteiger partial charge on any atom is 0.116 e. The van der Waals surface area contributed by atoms with Crippen molar-refractivity contribution in [3.05, 3.63) is 0 Å². The zero-order chi connectivity index (χ0) is 17.8. The van der Waals surface area contributed by atoms with Crippen LogP contribution in [0.5, 0.6) is 0 Å². The molecule has 1 rings (SSSR count). The highest BCUT2D eigenvalue weighted by Gasteiger charge is 2.52. The number of hydrogen-bond donors (Lipinski definition) is 2. The fourth-order valence-electron chi connectivity index (χ4n) is 3.50. The fraction of sp³-hybridized carbons (Fsp3) is 0.765. The lowest BCUT2D eigenvalue weighted by atomic mass is 10.1. The second kappa shape index (κ2) is 8.71. The van der Waals surface area contributed by atoms with Gasteiger partial charge in [0, 0.05) is 0 Å². The molecule has 3 nitrogen and oxygen atoms in total. The molecule has 1 heterocycles. The highest BCUT2D eigenvalue weighted by molar-refractivity contribution is 6.95. The summed E-state index contributed by atoms with van der Waals surface area (Å²) in [4.78, 5) is 0. The molecular weight excluding hydrogens is 340 g/mol. The first-order valence-electron chi connectivity index (χ1n) is 7.88. The molecule has 1 saturated heterocycles. The van der Waals surface area contributed by atoms with Gasteiger partial charge >= 0.3 is 0 Å². The Balaban J connectivity index is 0. The van der Waals surface area contributed by atoms with E-state index in [0.29, 0.717) is 0 Å². The third kappa shape index (κ3) is 7.89. The Morgan fingerprint density at radius 3 is 1.70 bits per heavy atom. The average molecular weight is 375 g/mol. The third-order valence-electron chi connectivity index (χ3n) is 3.96. The summed E-state index contributed by atoms with van der Waals surface area (Å²) in [6, 6.07) is 2.86. The Morgan fingerprint density at radius 1 is 1.09 bits per heavy atom. The van der Waals surface area contributed by atoms with Gasteiger partial charge in [-0.05, 0) is 39.8 Å². The maximum absolute atomic E-state index is 8.20. The molecule has 0 unspecified atom stereocenters. The molecule has 0 spiro atoms. The topological polar surface area (TPSA) is 49.5 Å². The van der Waals surface area contributed by atoms with Gasteiger partial charge in [-0.25, -0.2) is 0 Å². The molecule has 0 aromatic heterocycles. The van der Waals surface area contributed by atoms with Gasteiger partial charge in [-0.1, -0.05) is 43.9 Å². The van der Waals surface area contributed by atoms with Crippen LogP contribution in [0, 0.1) is 24.2 Å². The van der Waals surface area contributed by atoms with Gasteiger partial charge in [0.05, 0.1) is 11.1 Å². The summed E-state index contributed by atoms with van der Waals surface area (Å²) in [5, 5.41) is 8.20. The van der Waals surface area contributed by atoms with Gasteiger partial charge in [-0.2, -0.15) is 0 Å². The van der Waals surface area contributed by atoms with E-state index in [1.165, 1.54) is 12.1 Å². The van der Waals surface area contributed by atoms with Crippen molar-refractivity contribution in [1.29, 1.82) is 0 Å². The largest absolute Gasteiger partial charge is 0.384 e. The standard InChI is InChI=1S/C11H23NSi2.C6H11NO.ClH/c1-8-11(2,3)12-13(4,5)9-10-14(12,6)7;1-6(2,7)4-3-5-8;/h1H,9-10H2,2-7H3;8H,5,7H2,1-2H3;1H. The van der Waals surface area contributed by atoms with Gasteiger partial charge in [0.1, 0.15) is 23.1 Å². The van der Waals surface area contributed by atoms with Crippen molar-refractivity contribution >= 4 is 28.9 Å². The van der Waals surface area contributed by atoms with E-state index >= 15 is 0 Å². The van der Waals surface area contributed by atoms with Crippen LogP contribution in [0.25, 0.3) is 0 Å². The number of halogens is 1. The van der Waals surface area contributed by atoms with Gasteiger partial charge in [0.2, 0.25) is 0 Å². The monoisotopic (exact) mass is 374 g/mol. The number of rotatable bonds is 1. The lowest BCUT2D eigenvalue weighted by Gasteiger charge is -2.47. The van der Waals surface area contributed by atoms with E-state index in [2.05, 4.69) is 62.0 Å². The molecule has 1 fully saturated rings. The summed E-state index contributed by atoms with van der Waals surface area (Å²) in [7, 11) is -2.42. The molecule has 0 atom stereocenters. The van der Waals surface area contributed by atoms with Crippen LogP contribution in [0.3, 0.4) is 0 Å². The van der Waals surface area contributed by atoms with Crippen LogP contribution < -0.4 is 5.73 Å². The Kier molecular flexibility index (Phi) is 9.46. The summed E-state index contributed by atoms with van der Waals surface area (Å²) in [6.07, 6.45) is 5.68. The quantitative estimate of drug-likeness (QED) is 0.547. The normalized spacial score (nSPS) is 19.3. The van der Waals surface area contributed by atoms with Crippen molar-refractivity contribution in [3.8, 4) is 24.2 Å². The zero-order valence-corrected chi connectivity index (χ0v) is 18.9. The van der Waals surface area contributed by atoms with Crippen LogP contribution in [-0.4, -0.2) is 43.5 Å². The van der Waals surface area contributed by atoms with Crippen molar-refractivity contribution < 1.29 is 5.11 Å². The van der Waals surface area contributed by atoms with Gasteiger partial charge in [-0.15, -0.1) is 18.8 Å². The fourth-order valence-corrected chi connectivity index (χ4v) is 19.2. The second-order valence-electron chi connectivity index (χ2n) is 8.35. The molecule has 0 radical (unpaired) electrons. The molecule has 0 aliphatic carbocycles. The van der Waals surface area contributed by atoms with Gasteiger partial charge in [-0.3, -0.25) is 0 Å². The lowest BCUT2D eigenvalue weighted by Crippen LogP contribution is -2.63. The van der Waals surface area contributed by atoms with Crippen molar-refractivity contribution in [3.63, 3.8) is 0 Å². The van der Waals surface area contributed by atoms with Crippen LogP contribution in [0.1, 0.15) is 27.7 Å². The Bertz CT molecular complexity index is 464. The molecule has 0 aromatic carbocycles. The van der Waals surface area contributed by atoms with Crippen LogP contribution in [-0.2, 0) is 0 Å². The van der Waals surface area contributed by atoms with Gasteiger partial charge in [0.15, 0.2) is 0 Å². The first-order chi connectivity index (χ1) is 9.69. The Hall–Kier alpha value is -0.276. The molecule has 134 valence electrons. The third-order valence-corrected chi connectivity index (χ3v) is 14.6. The van der Waals surface area contributed by atoms with Crippen molar-refractivity contribution in [2.75, 3.05) is 6.61 Å². The highest BCUT2D eigenvalue weighted by Crippen LogP contribution is 2.41. The first kappa shape index (κ1) is 25.0. The average Bonchev–Trinajstić information content (AvgIpc) is 2.56. The molecule has 1 aliphatic heterocycles. The predicted octanol–water partition coefficient (Wildman–Crippen LogP) is 3.27. The first-order valence-corrected chi connectivity index (χ1v) is 14.2. The summed E-state index contributed by atoms with van der Waals surface area (Å²) in [5.74, 6) is 8.11. The maximum atomic E-state index is 8.20. The summed E-state index contributed by atoms with van der Waals surface area (Å²) < 4.78 is 2.77. The van der Waals surface area contributed by atoms with E-state index < -0.39 is 22.0 Å². The van der Waals surface area contributed by atoms with E-state index in [4.69, 9.17) is 17.3 Å². The van der Waals surface area contributed by atoms with Gasteiger partial charge in [0.25, 0.3) is 0 Å².